The quantitative estimate of drug-likeness (QED) is 0.253. The summed E-state index contributed by atoms with van der Waals surface area (Å²) in [7, 11) is 0. The molecule has 1 unspecified atom stereocenters. The number of hydrogen-bond acceptors (Lipinski definition) is 3. The van der Waals surface area contributed by atoms with Gasteiger partial charge in [-0.15, -0.1) is 0 Å². The maximum Gasteiger partial charge on any atom is 0.230 e. The highest BCUT2D eigenvalue weighted by molar-refractivity contribution is 6.01. The highest BCUT2D eigenvalue weighted by atomic mass is 16.4. The van der Waals surface area contributed by atoms with Crippen molar-refractivity contribution in [2.45, 2.75) is 20.8 Å². The zero-order chi connectivity index (χ0) is 10.4. The van der Waals surface area contributed by atoms with Crippen molar-refractivity contribution in [2.75, 3.05) is 6.54 Å². The lowest BCUT2D eigenvalue weighted by molar-refractivity contribution is -0.122. The molecule has 0 fully saturated rings. The first kappa shape index (κ1) is 11.7. The lowest BCUT2D eigenvalue weighted by Gasteiger charge is -2.11. The molecule has 0 aromatic carbocycles. The molecule has 0 radical (unpaired) electrons. The van der Waals surface area contributed by atoms with Crippen LogP contribution in [0.15, 0.2) is 5.16 Å². The third kappa shape index (κ3) is 4.35. The van der Waals surface area contributed by atoms with E-state index in [-0.39, 0.29) is 11.7 Å². The van der Waals surface area contributed by atoms with Crippen molar-refractivity contribution >= 4 is 11.7 Å². The predicted molar refractivity (Wildman–Crippen MR) is 50.4 cm³/mol. The number of oxime groups is 1. The van der Waals surface area contributed by atoms with Gasteiger partial charge in [-0.2, -0.15) is 0 Å². The molecule has 0 spiro atoms. The van der Waals surface area contributed by atoms with Crippen LogP contribution in [0, 0.1) is 11.8 Å². The molecule has 4 N–H and O–H groups in total. The van der Waals surface area contributed by atoms with Crippen LogP contribution in [0.2, 0.25) is 0 Å². The van der Waals surface area contributed by atoms with E-state index < -0.39 is 5.92 Å². The number of amidine groups is 1. The van der Waals surface area contributed by atoms with E-state index in [2.05, 4.69) is 10.5 Å². The predicted octanol–water partition coefficient (Wildman–Crippen LogP) is 0.141. The SMILES string of the molecule is CC(C)CNC(=O)C(C)C(N)=NO. The molecule has 0 aromatic rings. The molecular weight excluding hydrogens is 170 g/mol. The molecule has 0 aromatic heterocycles. The van der Waals surface area contributed by atoms with Gasteiger partial charge in [0.25, 0.3) is 0 Å². The molecular formula is C8H17N3O2. The average molecular weight is 187 g/mol. The van der Waals surface area contributed by atoms with E-state index in [0.29, 0.717) is 12.5 Å². The van der Waals surface area contributed by atoms with Gasteiger partial charge >= 0.3 is 0 Å². The normalized spacial score (nSPS) is 14.3. The Bertz CT molecular complexity index is 202. The summed E-state index contributed by atoms with van der Waals surface area (Å²) in [6.07, 6.45) is 0. The van der Waals surface area contributed by atoms with Crippen molar-refractivity contribution in [3.05, 3.63) is 0 Å². The number of rotatable bonds is 4. The molecule has 0 saturated carbocycles. The molecule has 0 bridgehead atoms. The smallest absolute Gasteiger partial charge is 0.230 e. The van der Waals surface area contributed by atoms with Gasteiger partial charge in [-0.25, -0.2) is 0 Å². The Balaban J connectivity index is 3.97. The summed E-state index contributed by atoms with van der Waals surface area (Å²) in [4.78, 5) is 11.3. The Labute approximate surface area is 78.0 Å². The van der Waals surface area contributed by atoms with Crippen LogP contribution >= 0.6 is 0 Å². The summed E-state index contributed by atoms with van der Waals surface area (Å²) in [5, 5.41) is 13.8. The number of nitrogens with one attached hydrogen (secondary N) is 1. The zero-order valence-corrected chi connectivity index (χ0v) is 8.24. The topological polar surface area (TPSA) is 87.7 Å². The first-order chi connectivity index (χ1) is 5.99. The monoisotopic (exact) mass is 187 g/mol. The van der Waals surface area contributed by atoms with Gasteiger partial charge in [-0.1, -0.05) is 19.0 Å². The number of amides is 1. The third-order valence-electron chi connectivity index (χ3n) is 1.64. The average Bonchev–Trinajstić information content (AvgIpc) is 2.11. The zero-order valence-electron chi connectivity index (χ0n) is 8.24. The van der Waals surface area contributed by atoms with E-state index in [0.717, 1.165) is 0 Å². The van der Waals surface area contributed by atoms with Crippen molar-refractivity contribution in [3.8, 4) is 0 Å². The molecule has 13 heavy (non-hydrogen) atoms. The summed E-state index contributed by atoms with van der Waals surface area (Å²) in [6, 6.07) is 0. The van der Waals surface area contributed by atoms with Gasteiger partial charge in [-0.3, -0.25) is 4.79 Å². The second-order valence-electron chi connectivity index (χ2n) is 3.39. The number of carbonyl (C=O) groups is 1. The lowest BCUT2D eigenvalue weighted by atomic mass is 10.1. The molecule has 5 nitrogen and oxygen atoms in total. The summed E-state index contributed by atoms with van der Waals surface area (Å²) in [6.45, 7) is 6.18. The third-order valence-corrected chi connectivity index (χ3v) is 1.64. The molecule has 0 saturated heterocycles. The summed E-state index contributed by atoms with van der Waals surface area (Å²) < 4.78 is 0. The van der Waals surface area contributed by atoms with E-state index in [9.17, 15) is 4.79 Å². The van der Waals surface area contributed by atoms with Gasteiger partial charge in [0.1, 0.15) is 0 Å². The number of hydrogen-bond donors (Lipinski definition) is 3. The second-order valence-corrected chi connectivity index (χ2v) is 3.39. The van der Waals surface area contributed by atoms with Crippen LogP contribution in [-0.2, 0) is 4.79 Å². The summed E-state index contributed by atoms with van der Waals surface area (Å²) in [5.74, 6) is -0.475. The molecule has 1 amide bonds. The standard InChI is InChI=1S/C8H17N3O2/c1-5(2)4-10-8(12)6(3)7(9)11-13/h5-6,13H,4H2,1-3H3,(H2,9,11)(H,10,12). The van der Waals surface area contributed by atoms with Crippen LogP contribution in [0.4, 0.5) is 0 Å². The van der Waals surface area contributed by atoms with Crippen LogP contribution in [-0.4, -0.2) is 23.5 Å². The first-order valence-corrected chi connectivity index (χ1v) is 4.24. The fraction of sp³-hybridized carbons (Fsp3) is 0.750. The first-order valence-electron chi connectivity index (χ1n) is 4.24. The van der Waals surface area contributed by atoms with Gasteiger partial charge in [0.05, 0.1) is 5.92 Å². The highest BCUT2D eigenvalue weighted by Crippen LogP contribution is 1.96. The van der Waals surface area contributed by atoms with Crippen molar-refractivity contribution in [2.24, 2.45) is 22.7 Å². The molecule has 76 valence electrons. The van der Waals surface area contributed by atoms with Crippen molar-refractivity contribution < 1.29 is 10.0 Å². The van der Waals surface area contributed by atoms with Crippen molar-refractivity contribution in [3.63, 3.8) is 0 Å². The lowest BCUT2D eigenvalue weighted by Crippen LogP contribution is -2.38. The maximum absolute atomic E-state index is 11.3. The number of nitrogens with zero attached hydrogens (tertiary/aromatic N) is 1. The fourth-order valence-electron chi connectivity index (χ4n) is 0.679. The van der Waals surface area contributed by atoms with Crippen LogP contribution in [0.3, 0.4) is 0 Å². The molecule has 1 atom stereocenters. The van der Waals surface area contributed by atoms with Crippen molar-refractivity contribution in [1.82, 2.24) is 5.32 Å². The Kier molecular flexibility index (Phi) is 4.87. The Morgan fingerprint density at radius 3 is 2.46 bits per heavy atom. The molecule has 5 heteroatoms. The van der Waals surface area contributed by atoms with Gasteiger partial charge in [0.15, 0.2) is 5.84 Å². The molecule has 0 rings (SSSR count). The van der Waals surface area contributed by atoms with E-state index in [1.54, 1.807) is 6.92 Å². The van der Waals surface area contributed by atoms with E-state index in [1.807, 2.05) is 13.8 Å². The Hall–Kier alpha value is -1.26. The summed E-state index contributed by atoms with van der Waals surface area (Å²) in [5.41, 5.74) is 5.26. The second kappa shape index (κ2) is 5.40. The largest absolute Gasteiger partial charge is 0.409 e. The minimum atomic E-state index is -0.580. The van der Waals surface area contributed by atoms with Gasteiger partial charge in [0.2, 0.25) is 5.91 Å². The number of carbonyl (C=O) groups excluding carboxylic acids is 1. The van der Waals surface area contributed by atoms with Crippen LogP contribution in [0.5, 0.6) is 0 Å². The van der Waals surface area contributed by atoms with E-state index in [1.165, 1.54) is 0 Å². The van der Waals surface area contributed by atoms with Crippen LogP contribution < -0.4 is 11.1 Å². The van der Waals surface area contributed by atoms with Gasteiger partial charge < -0.3 is 16.3 Å². The van der Waals surface area contributed by atoms with E-state index >= 15 is 0 Å². The number of nitrogens with two attached hydrogens (primary N) is 1. The van der Waals surface area contributed by atoms with Gasteiger partial charge in [-0.05, 0) is 12.8 Å². The molecule has 0 aliphatic heterocycles. The van der Waals surface area contributed by atoms with Crippen molar-refractivity contribution in [1.29, 1.82) is 0 Å². The van der Waals surface area contributed by atoms with E-state index in [4.69, 9.17) is 10.9 Å². The summed E-state index contributed by atoms with van der Waals surface area (Å²) >= 11 is 0. The molecule has 0 aliphatic rings. The van der Waals surface area contributed by atoms with Crippen LogP contribution in [0.25, 0.3) is 0 Å². The minimum absolute atomic E-state index is 0.0683. The van der Waals surface area contributed by atoms with Gasteiger partial charge in [0, 0.05) is 6.54 Å². The highest BCUT2D eigenvalue weighted by Gasteiger charge is 2.16. The maximum atomic E-state index is 11.3. The Morgan fingerprint density at radius 1 is 1.54 bits per heavy atom. The molecule has 0 heterocycles. The molecule has 0 aliphatic carbocycles. The minimum Gasteiger partial charge on any atom is -0.409 e. The van der Waals surface area contributed by atoms with Crippen LogP contribution in [0.1, 0.15) is 20.8 Å². The Morgan fingerprint density at radius 2 is 2.08 bits per heavy atom. The fourth-order valence-corrected chi connectivity index (χ4v) is 0.679.